The predicted molar refractivity (Wildman–Crippen MR) is 120 cm³/mol. The molecular weight excluding hydrogens is 390 g/mol. The minimum atomic E-state index is -0.0914. The molecule has 1 N–H and O–H groups in total. The molecule has 5 aromatic rings. The highest BCUT2D eigenvalue weighted by Crippen LogP contribution is 2.40. The van der Waals surface area contributed by atoms with Gasteiger partial charge in [0.2, 0.25) is 5.88 Å². The van der Waals surface area contributed by atoms with Crippen molar-refractivity contribution < 1.29 is 14.6 Å². The Morgan fingerprint density at radius 1 is 0.903 bits per heavy atom. The number of aromatic nitrogens is 3. The number of ether oxygens (including phenoxy) is 2. The third-order valence-corrected chi connectivity index (χ3v) is 5.23. The highest BCUT2D eigenvalue weighted by molar-refractivity contribution is 5.93. The Balaban J connectivity index is 1.50. The molecule has 0 radical (unpaired) electrons. The number of fused-ring (bicyclic) bond motifs is 2. The lowest BCUT2D eigenvalue weighted by Gasteiger charge is -2.12. The Morgan fingerprint density at radius 3 is 2.55 bits per heavy atom. The molecule has 5 rings (SSSR count). The number of hydrogen-bond acceptors (Lipinski definition) is 5. The number of para-hydroxylation sites is 1. The number of hydrogen-bond donors (Lipinski definition) is 1. The van der Waals surface area contributed by atoms with Gasteiger partial charge in [0.1, 0.15) is 12.0 Å². The molecule has 0 saturated carbocycles. The van der Waals surface area contributed by atoms with Crippen LogP contribution in [-0.4, -0.2) is 27.0 Å². The molecule has 2 aromatic heterocycles. The number of methoxy groups -OCH3 is 1. The molecule has 0 unspecified atom stereocenters. The second-order valence-electron chi connectivity index (χ2n) is 7.24. The van der Waals surface area contributed by atoms with E-state index in [2.05, 4.69) is 10.1 Å². The standard InChI is InChI=1S/C25H21N3O3/c1-30-22-14-13-21-23(25(29)27-28(21)15-17-7-3-2-4-8-17)24(22)31-16-19-12-11-18-9-5-6-10-20(18)26-19/h2-14H,15-16H2,1H3,(H,27,29). The summed E-state index contributed by atoms with van der Waals surface area (Å²) in [5.74, 6) is 0.890. The lowest BCUT2D eigenvalue weighted by atomic mass is 10.2. The van der Waals surface area contributed by atoms with Crippen LogP contribution < -0.4 is 9.47 Å². The van der Waals surface area contributed by atoms with Crippen LogP contribution in [0.1, 0.15) is 11.3 Å². The van der Waals surface area contributed by atoms with Gasteiger partial charge in [-0.3, -0.25) is 4.68 Å². The number of aromatic hydroxyl groups is 1. The van der Waals surface area contributed by atoms with Crippen molar-refractivity contribution in [3.63, 3.8) is 0 Å². The monoisotopic (exact) mass is 411 g/mol. The van der Waals surface area contributed by atoms with Crippen LogP contribution in [0, 0.1) is 0 Å². The average Bonchev–Trinajstić information content (AvgIpc) is 3.13. The summed E-state index contributed by atoms with van der Waals surface area (Å²) < 4.78 is 13.4. The van der Waals surface area contributed by atoms with E-state index < -0.39 is 0 Å². The Kier molecular flexibility index (Phi) is 4.88. The zero-order valence-corrected chi connectivity index (χ0v) is 17.0. The van der Waals surface area contributed by atoms with E-state index in [1.165, 1.54) is 0 Å². The zero-order chi connectivity index (χ0) is 21.2. The van der Waals surface area contributed by atoms with Crippen LogP contribution in [0.2, 0.25) is 0 Å². The SMILES string of the molecule is COc1ccc2c(c(O)nn2Cc2ccccc2)c1OCc1ccc2ccccc2n1. The molecule has 0 aliphatic rings. The van der Waals surface area contributed by atoms with Crippen LogP contribution in [0.5, 0.6) is 17.4 Å². The van der Waals surface area contributed by atoms with E-state index >= 15 is 0 Å². The molecule has 0 saturated heterocycles. The Hall–Kier alpha value is -4.06. The van der Waals surface area contributed by atoms with Crippen molar-refractivity contribution in [3.05, 3.63) is 90.1 Å². The van der Waals surface area contributed by atoms with Gasteiger partial charge >= 0.3 is 0 Å². The molecule has 0 aliphatic heterocycles. The van der Waals surface area contributed by atoms with E-state index in [1.807, 2.05) is 78.9 Å². The molecule has 6 nitrogen and oxygen atoms in total. The summed E-state index contributed by atoms with van der Waals surface area (Å²) in [6.07, 6.45) is 0. The third-order valence-electron chi connectivity index (χ3n) is 5.23. The molecule has 0 amide bonds. The van der Waals surface area contributed by atoms with E-state index in [1.54, 1.807) is 11.8 Å². The Bertz CT molecular complexity index is 1360. The first kappa shape index (κ1) is 18.9. The fourth-order valence-electron chi connectivity index (χ4n) is 3.72. The van der Waals surface area contributed by atoms with E-state index in [0.29, 0.717) is 23.4 Å². The van der Waals surface area contributed by atoms with Crippen LogP contribution >= 0.6 is 0 Å². The van der Waals surface area contributed by atoms with Gasteiger partial charge in [0.15, 0.2) is 11.5 Å². The molecule has 31 heavy (non-hydrogen) atoms. The molecule has 0 bridgehead atoms. The number of rotatable bonds is 6. The number of pyridine rings is 1. The molecule has 0 spiro atoms. The fourth-order valence-corrected chi connectivity index (χ4v) is 3.72. The van der Waals surface area contributed by atoms with Gasteiger partial charge in [0.25, 0.3) is 0 Å². The van der Waals surface area contributed by atoms with Crippen LogP contribution in [-0.2, 0) is 13.2 Å². The second-order valence-corrected chi connectivity index (χ2v) is 7.24. The number of nitrogens with zero attached hydrogens (tertiary/aromatic N) is 3. The summed E-state index contributed by atoms with van der Waals surface area (Å²) >= 11 is 0. The van der Waals surface area contributed by atoms with Crippen LogP contribution in [0.25, 0.3) is 21.8 Å². The molecule has 0 fully saturated rings. The summed E-state index contributed by atoms with van der Waals surface area (Å²) in [6, 6.07) is 25.6. The molecule has 3 aromatic carbocycles. The zero-order valence-electron chi connectivity index (χ0n) is 17.0. The Morgan fingerprint density at radius 2 is 1.71 bits per heavy atom. The minimum absolute atomic E-state index is 0.0914. The highest BCUT2D eigenvalue weighted by atomic mass is 16.5. The van der Waals surface area contributed by atoms with Gasteiger partial charge in [0.05, 0.1) is 30.4 Å². The molecular formula is C25H21N3O3. The maximum atomic E-state index is 10.6. The van der Waals surface area contributed by atoms with Gasteiger partial charge < -0.3 is 14.6 Å². The Labute approximate surface area is 179 Å². The topological polar surface area (TPSA) is 69.4 Å². The van der Waals surface area contributed by atoms with Crippen LogP contribution in [0.15, 0.2) is 78.9 Å². The highest BCUT2D eigenvalue weighted by Gasteiger charge is 2.19. The first-order chi connectivity index (χ1) is 15.2. The van der Waals surface area contributed by atoms with Crippen LogP contribution in [0.3, 0.4) is 0 Å². The molecule has 6 heteroatoms. The van der Waals surface area contributed by atoms with Gasteiger partial charge in [0, 0.05) is 5.39 Å². The van der Waals surface area contributed by atoms with Crippen molar-refractivity contribution in [3.8, 4) is 17.4 Å². The normalized spacial score (nSPS) is 11.1. The summed E-state index contributed by atoms with van der Waals surface area (Å²) in [7, 11) is 1.58. The quantitative estimate of drug-likeness (QED) is 0.429. The number of benzene rings is 3. The van der Waals surface area contributed by atoms with Gasteiger partial charge in [-0.25, -0.2) is 4.98 Å². The van der Waals surface area contributed by atoms with Crippen molar-refractivity contribution in [1.82, 2.24) is 14.8 Å². The molecule has 0 aliphatic carbocycles. The van der Waals surface area contributed by atoms with Crippen molar-refractivity contribution >= 4 is 21.8 Å². The largest absolute Gasteiger partial charge is 0.493 e. The van der Waals surface area contributed by atoms with Gasteiger partial charge in [-0.15, -0.1) is 5.10 Å². The van der Waals surface area contributed by atoms with Gasteiger partial charge in [-0.1, -0.05) is 54.6 Å². The molecule has 154 valence electrons. The average molecular weight is 411 g/mol. The fraction of sp³-hybridized carbons (Fsp3) is 0.120. The van der Waals surface area contributed by atoms with Crippen molar-refractivity contribution in [2.75, 3.05) is 7.11 Å². The molecule has 0 atom stereocenters. The summed E-state index contributed by atoms with van der Waals surface area (Å²) in [5, 5.41) is 16.6. The van der Waals surface area contributed by atoms with Crippen molar-refractivity contribution in [1.29, 1.82) is 0 Å². The smallest absolute Gasteiger partial charge is 0.242 e. The summed E-state index contributed by atoms with van der Waals surface area (Å²) in [4.78, 5) is 4.66. The lowest BCUT2D eigenvalue weighted by Crippen LogP contribution is -2.02. The maximum absolute atomic E-state index is 10.6. The van der Waals surface area contributed by atoms with E-state index in [9.17, 15) is 5.11 Å². The van der Waals surface area contributed by atoms with E-state index in [-0.39, 0.29) is 12.5 Å². The van der Waals surface area contributed by atoms with Gasteiger partial charge in [-0.2, -0.15) is 0 Å². The lowest BCUT2D eigenvalue weighted by molar-refractivity contribution is 0.284. The van der Waals surface area contributed by atoms with E-state index in [4.69, 9.17) is 9.47 Å². The third kappa shape index (κ3) is 3.64. The first-order valence-electron chi connectivity index (χ1n) is 10.0. The van der Waals surface area contributed by atoms with Crippen LogP contribution in [0.4, 0.5) is 0 Å². The predicted octanol–water partition coefficient (Wildman–Crippen LogP) is 4.93. The molecule has 2 heterocycles. The minimum Gasteiger partial charge on any atom is -0.493 e. The van der Waals surface area contributed by atoms with Crippen molar-refractivity contribution in [2.45, 2.75) is 13.2 Å². The second kappa shape index (κ2) is 7.99. The summed E-state index contributed by atoms with van der Waals surface area (Å²) in [5.41, 5.74) is 3.55. The first-order valence-corrected chi connectivity index (χ1v) is 10.0. The maximum Gasteiger partial charge on any atom is 0.242 e. The van der Waals surface area contributed by atoms with E-state index in [0.717, 1.165) is 27.7 Å². The summed E-state index contributed by atoms with van der Waals surface area (Å²) in [6.45, 7) is 0.777. The van der Waals surface area contributed by atoms with Crippen molar-refractivity contribution in [2.24, 2.45) is 0 Å². The van der Waals surface area contributed by atoms with Gasteiger partial charge in [-0.05, 0) is 29.8 Å².